The molecule has 4 amide bonds. The number of hydrogen-bond donors (Lipinski definition) is 3. The van der Waals surface area contributed by atoms with Crippen molar-refractivity contribution in [1.82, 2.24) is 10.2 Å². The van der Waals surface area contributed by atoms with Crippen LogP contribution in [0.2, 0.25) is 0 Å². The zero-order valence-electron chi connectivity index (χ0n) is 19.3. The molecule has 33 heavy (non-hydrogen) atoms. The highest BCUT2D eigenvalue weighted by atomic mass is 16.2. The number of carbonyl (C=O) groups is 4. The molecule has 1 heterocycles. The Balaban J connectivity index is 1.63. The van der Waals surface area contributed by atoms with Crippen molar-refractivity contribution in [3.05, 3.63) is 59.7 Å². The van der Waals surface area contributed by atoms with E-state index in [-0.39, 0.29) is 42.1 Å². The van der Waals surface area contributed by atoms with Gasteiger partial charge in [-0.05, 0) is 64.1 Å². The lowest BCUT2D eigenvalue weighted by Gasteiger charge is -2.20. The molecule has 8 nitrogen and oxygen atoms in total. The monoisotopic (exact) mass is 450 g/mol. The van der Waals surface area contributed by atoms with Crippen LogP contribution in [0.3, 0.4) is 0 Å². The first kappa shape index (κ1) is 24.0. The van der Waals surface area contributed by atoms with E-state index < -0.39 is 5.92 Å². The molecule has 0 spiro atoms. The average molecular weight is 451 g/mol. The zero-order chi connectivity index (χ0) is 24.1. The van der Waals surface area contributed by atoms with Crippen LogP contribution in [-0.2, 0) is 9.59 Å². The summed E-state index contributed by atoms with van der Waals surface area (Å²) in [6.45, 7) is 8.00. The minimum Gasteiger partial charge on any atom is -0.350 e. The highest BCUT2D eigenvalue weighted by molar-refractivity contribution is 6.09. The third kappa shape index (κ3) is 5.97. The molecule has 3 rings (SSSR count). The van der Waals surface area contributed by atoms with Gasteiger partial charge in [0.1, 0.15) is 0 Å². The first-order chi connectivity index (χ1) is 15.7. The molecule has 0 saturated carbocycles. The highest BCUT2D eigenvalue weighted by Gasteiger charge is 2.35. The van der Waals surface area contributed by atoms with Crippen molar-refractivity contribution in [2.75, 3.05) is 17.2 Å². The number of rotatable bonds is 7. The van der Waals surface area contributed by atoms with Gasteiger partial charge in [0.2, 0.25) is 11.8 Å². The van der Waals surface area contributed by atoms with Crippen LogP contribution in [0.4, 0.5) is 11.4 Å². The first-order valence-electron chi connectivity index (χ1n) is 11.1. The van der Waals surface area contributed by atoms with E-state index in [0.29, 0.717) is 29.0 Å². The topological polar surface area (TPSA) is 108 Å². The van der Waals surface area contributed by atoms with Gasteiger partial charge in [0, 0.05) is 36.3 Å². The van der Waals surface area contributed by atoms with Crippen LogP contribution in [0.5, 0.6) is 0 Å². The highest BCUT2D eigenvalue weighted by Crippen LogP contribution is 2.22. The number of hydrogen-bond acceptors (Lipinski definition) is 4. The Kier molecular flexibility index (Phi) is 7.48. The van der Waals surface area contributed by atoms with Crippen LogP contribution in [0.15, 0.2) is 48.5 Å². The Hall–Kier alpha value is -3.68. The third-order valence-electron chi connectivity index (χ3n) is 5.41. The Morgan fingerprint density at radius 1 is 0.909 bits per heavy atom. The SMILES string of the molecule is CC(C)NC(=O)c1ccccc1NC(=O)c1ccc(NC(=O)C2CC(=O)N(C(C)C)C2)cc1. The number of anilines is 2. The van der Waals surface area contributed by atoms with Crippen LogP contribution in [0.1, 0.15) is 54.8 Å². The van der Waals surface area contributed by atoms with Gasteiger partial charge in [-0.1, -0.05) is 12.1 Å². The van der Waals surface area contributed by atoms with Crippen LogP contribution in [-0.4, -0.2) is 47.2 Å². The Morgan fingerprint density at radius 3 is 2.18 bits per heavy atom. The number of nitrogens with zero attached hydrogens (tertiary/aromatic N) is 1. The van der Waals surface area contributed by atoms with Crippen molar-refractivity contribution in [2.24, 2.45) is 5.92 Å². The van der Waals surface area contributed by atoms with Crippen LogP contribution in [0.25, 0.3) is 0 Å². The molecule has 0 aromatic heterocycles. The van der Waals surface area contributed by atoms with Crippen molar-refractivity contribution >= 4 is 35.0 Å². The largest absolute Gasteiger partial charge is 0.350 e. The van der Waals surface area contributed by atoms with Gasteiger partial charge in [0.05, 0.1) is 17.2 Å². The average Bonchev–Trinajstić information content (AvgIpc) is 3.16. The van der Waals surface area contributed by atoms with E-state index in [2.05, 4.69) is 16.0 Å². The Labute approximate surface area is 193 Å². The van der Waals surface area contributed by atoms with Gasteiger partial charge in [0.15, 0.2) is 0 Å². The van der Waals surface area contributed by atoms with Crippen molar-refractivity contribution < 1.29 is 19.2 Å². The predicted molar refractivity (Wildman–Crippen MR) is 127 cm³/mol. The van der Waals surface area contributed by atoms with Gasteiger partial charge in [-0.25, -0.2) is 0 Å². The standard InChI is InChI=1S/C25H30N4O4/c1-15(2)26-25(33)20-7-5-6-8-21(20)28-23(31)17-9-11-19(12-10-17)27-24(32)18-13-22(30)29(14-18)16(3)4/h5-12,15-16,18H,13-14H2,1-4H3,(H,26,33)(H,27,32)(H,28,31). The van der Waals surface area contributed by atoms with Gasteiger partial charge >= 0.3 is 0 Å². The van der Waals surface area contributed by atoms with E-state index in [4.69, 9.17) is 0 Å². The number of nitrogens with one attached hydrogen (secondary N) is 3. The molecule has 0 bridgehead atoms. The fourth-order valence-corrected chi connectivity index (χ4v) is 3.68. The Morgan fingerprint density at radius 2 is 1.58 bits per heavy atom. The molecular formula is C25H30N4O4. The quantitative estimate of drug-likeness (QED) is 0.602. The van der Waals surface area contributed by atoms with Gasteiger partial charge in [0.25, 0.3) is 11.8 Å². The lowest BCUT2D eigenvalue weighted by Crippen LogP contribution is -2.33. The molecule has 0 radical (unpaired) electrons. The lowest BCUT2D eigenvalue weighted by molar-refractivity contribution is -0.129. The van der Waals surface area contributed by atoms with E-state index in [1.54, 1.807) is 53.4 Å². The summed E-state index contributed by atoms with van der Waals surface area (Å²) in [6, 6.07) is 13.3. The second-order valence-corrected chi connectivity index (χ2v) is 8.74. The molecular weight excluding hydrogens is 420 g/mol. The maximum atomic E-state index is 12.7. The summed E-state index contributed by atoms with van der Waals surface area (Å²) in [7, 11) is 0. The van der Waals surface area contributed by atoms with Gasteiger partial charge in [-0.3, -0.25) is 19.2 Å². The van der Waals surface area contributed by atoms with E-state index in [9.17, 15) is 19.2 Å². The molecule has 1 aliphatic rings. The summed E-state index contributed by atoms with van der Waals surface area (Å²) in [4.78, 5) is 51.4. The van der Waals surface area contributed by atoms with E-state index in [0.717, 1.165) is 0 Å². The summed E-state index contributed by atoms with van der Waals surface area (Å²) < 4.78 is 0. The van der Waals surface area contributed by atoms with Gasteiger partial charge < -0.3 is 20.9 Å². The summed E-state index contributed by atoms with van der Waals surface area (Å²) >= 11 is 0. The van der Waals surface area contributed by atoms with E-state index in [1.165, 1.54) is 0 Å². The zero-order valence-corrected chi connectivity index (χ0v) is 19.3. The molecule has 2 aromatic rings. The smallest absolute Gasteiger partial charge is 0.255 e. The van der Waals surface area contributed by atoms with Crippen LogP contribution >= 0.6 is 0 Å². The van der Waals surface area contributed by atoms with Crippen molar-refractivity contribution in [3.63, 3.8) is 0 Å². The Bertz CT molecular complexity index is 1050. The number of para-hydroxylation sites is 1. The number of likely N-dealkylation sites (tertiary alicyclic amines) is 1. The molecule has 0 aliphatic carbocycles. The van der Waals surface area contributed by atoms with E-state index >= 15 is 0 Å². The molecule has 1 fully saturated rings. The van der Waals surface area contributed by atoms with Crippen molar-refractivity contribution in [3.8, 4) is 0 Å². The fraction of sp³-hybridized carbons (Fsp3) is 0.360. The number of amides is 4. The fourth-order valence-electron chi connectivity index (χ4n) is 3.68. The van der Waals surface area contributed by atoms with Crippen molar-refractivity contribution in [2.45, 2.75) is 46.2 Å². The summed E-state index contributed by atoms with van der Waals surface area (Å²) in [6.07, 6.45) is 0.203. The number of benzene rings is 2. The minimum absolute atomic E-state index is 0.0143. The molecule has 3 N–H and O–H groups in total. The van der Waals surface area contributed by atoms with E-state index in [1.807, 2.05) is 27.7 Å². The third-order valence-corrected chi connectivity index (χ3v) is 5.41. The minimum atomic E-state index is -0.392. The van der Waals surface area contributed by atoms with Crippen LogP contribution in [0, 0.1) is 5.92 Å². The maximum Gasteiger partial charge on any atom is 0.255 e. The number of carbonyl (C=O) groups excluding carboxylic acids is 4. The molecule has 1 aliphatic heterocycles. The predicted octanol–water partition coefficient (Wildman–Crippen LogP) is 3.27. The van der Waals surface area contributed by atoms with Gasteiger partial charge in [-0.2, -0.15) is 0 Å². The van der Waals surface area contributed by atoms with Crippen LogP contribution < -0.4 is 16.0 Å². The van der Waals surface area contributed by atoms with Gasteiger partial charge in [-0.15, -0.1) is 0 Å². The second kappa shape index (κ2) is 10.3. The lowest BCUT2D eigenvalue weighted by atomic mass is 10.1. The first-order valence-corrected chi connectivity index (χ1v) is 11.1. The molecule has 1 atom stereocenters. The summed E-state index contributed by atoms with van der Waals surface area (Å²) in [5, 5.41) is 8.41. The molecule has 1 saturated heterocycles. The molecule has 8 heteroatoms. The normalized spacial score (nSPS) is 15.6. The van der Waals surface area contributed by atoms with Crippen molar-refractivity contribution in [1.29, 1.82) is 0 Å². The molecule has 1 unspecified atom stereocenters. The maximum absolute atomic E-state index is 12.7. The molecule has 174 valence electrons. The summed E-state index contributed by atoms with van der Waals surface area (Å²) in [5.74, 6) is -1.25. The second-order valence-electron chi connectivity index (χ2n) is 8.74. The molecule has 2 aromatic carbocycles. The summed E-state index contributed by atoms with van der Waals surface area (Å²) in [5.41, 5.74) is 1.72.